The molecule has 2 amide bonds. The number of nitrogens with two attached hydrogens (primary N) is 1. The second-order valence-corrected chi connectivity index (χ2v) is 8.17. The largest absolute Gasteiger partial charge is 0.350 e. The molecule has 1 saturated heterocycles. The molecule has 0 spiro atoms. The summed E-state index contributed by atoms with van der Waals surface area (Å²) in [5.41, 5.74) is 8.65. The molecule has 1 aliphatic rings. The Hall–Kier alpha value is -3.30. The van der Waals surface area contributed by atoms with Crippen molar-refractivity contribution in [1.29, 1.82) is 0 Å². The van der Waals surface area contributed by atoms with Gasteiger partial charge in [-0.05, 0) is 59.0 Å². The van der Waals surface area contributed by atoms with E-state index in [1.54, 1.807) is 23.1 Å². The molecule has 10 heteroatoms. The highest BCUT2D eigenvalue weighted by atomic mass is 35.5. The van der Waals surface area contributed by atoms with Gasteiger partial charge in [-0.2, -0.15) is 0 Å². The lowest BCUT2D eigenvalue weighted by atomic mass is 10.1. The third-order valence-electron chi connectivity index (χ3n) is 5.54. The minimum Gasteiger partial charge on any atom is -0.350 e. The fourth-order valence-electron chi connectivity index (χ4n) is 3.96. The predicted molar refractivity (Wildman–Crippen MR) is 119 cm³/mol. The molecular formula is C22H24ClN7O2. The number of nitrogens with zero attached hydrogens (tertiary/aromatic N) is 5. The highest BCUT2D eigenvalue weighted by Gasteiger charge is 2.36. The Balaban J connectivity index is 1.41. The number of halogens is 1. The molecule has 0 aliphatic carbocycles. The summed E-state index contributed by atoms with van der Waals surface area (Å²) in [6.45, 7) is 0.746. The van der Waals surface area contributed by atoms with Crippen molar-refractivity contribution in [1.82, 2.24) is 30.4 Å². The van der Waals surface area contributed by atoms with Gasteiger partial charge >= 0.3 is 0 Å². The topological polar surface area (TPSA) is 119 Å². The number of rotatable bonds is 7. The van der Waals surface area contributed by atoms with Crippen LogP contribution in [0.25, 0.3) is 5.69 Å². The summed E-state index contributed by atoms with van der Waals surface area (Å²) in [5.74, 6) is -0.422. The third kappa shape index (κ3) is 4.95. The Bertz CT molecular complexity index is 1080. The van der Waals surface area contributed by atoms with E-state index in [1.165, 1.54) is 11.0 Å². The number of likely N-dealkylation sites (tertiary alicyclic amines) is 1. The highest BCUT2D eigenvalue weighted by Crippen LogP contribution is 2.21. The Labute approximate surface area is 190 Å². The molecule has 0 saturated carbocycles. The van der Waals surface area contributed by atoms with Crippen molar-refractivity contribution in [3.8, 4) is 5.69 Å². The molecule has 9 nitrogen and oxygen atoms in total. The molecule has 2 aromatic carbocycles. The zero-order valence-electron chi connectivity index (χ0n) is 17.4. The van der Waals surface area contributed by atoms with Crippen LogP contribution >= 0.6 is 11.6 Å². The number of nitrogens with one attached hydrogen (secondary N) is 1. The van der Waals surface area contributed by atoms with Gasteiger partial charge in [-0.1, -0.05) is 41.9 Å². The van der Waals surface area contributed by atoms with Crippen molar-refractivity contribution >= 4 is 23.4 Å². The first-order valence-electron chi connectivity index (χ1n) is 10.4. The highest BCUT2D eigenvalue weighted by molar-refractivity contribution is 6.30. The summed E-state index contributed by atoms with van der Waals surface area (Å²) in [4.78, 5) is 27.5. The lowest BCUT2D eigenvalue weighted by molar-refractivity contribution is -0.139. The van der Waals surface area contributed by atoms with E-state index in [9.17, 15) is 9.59 Å². The zero-order valence-corrected chi connectivity index (χ0v) is 18.2. The molecule has 32 heavy (non-hydrogen) atoms. The van der Waals surface area contributed by atoms with Crippen LogP contribution in [0.4, 0.5) is 0 Å². The van der Waals surface area contributed by atoms with Crippen LogP contribution in [-0.4, -0.2) is 55.5 Å². The van der Waals surface area contributed by atoms with Crippen LogP contribution in [0.1, 0.15) is 24.0 Å². The van der Waals surface area contributed by atoms with Crippen LogP contribution in [0, 0.1) is 0 Å². The van der Waals surface area contributed by atoms with Gasteiger partial charge in [-0.15, -0.1) is 5.10 Å². The summed E-state index contributed by atoms with van der Waals surface area (Å²) in [5, 5.41) is 14.7. The average molecular weight is 454 g/mol. The molecule has 4 rings (SSSR count). The van der Waals surface area contributed by atoms with Crippen LogP contribution in [0.15, 0.2) is 54.9 Å². The van der Waals surface area contributed by atoms with Crippen LogP contribution in [0.5, 0.6) is 0 Å². The number of carbonyl (C=O) groups is 2. The maximum absolute atomic E-state index is 13.0. The van der Waals surface area contributed by atoms with Gasteiger partial charge in [0.25, 0.3) is 0 Å². The number of hydrogen-bond donors (Lipinski definition) is 2. The quantitative estimate of drug-likeness (QED) is 0.559. The van der Waals surface area contributed by atoms with Gasteiger partial charge in [0.15, 0.2) is 0 Å². The molecule has 0 unspecified atom stereocenters. The number of carbonyl (C=O) groups excluding carboxylic acids is 2. The predicted octanol–water partition coefficient (Wildman–Crippen LogP) is 1.49. The first kappa shape index (κ1) is 21.9. The molecule has 0 radical (unpaired) electrons. The number of tetrazole rings is 1. The van der Waals surface area contributed by atoms with Crippen molar-refractivity contribution in [2.45, 2.75) is 37.9 Å². The molecule has 2 heterocycles. The van der Waals surface area contributed by atoms with E-state index < -0.39 is 12.1 Å². The van der Waals surface area contributed by atoms with Crippen LogP contribution < -0.4 is 11.1 Å². The van der Waals surface area contributed by atoms with Gasteiger partial charge in [0.05, 0.1) is 11.7 Å². The molecule has 1 aromatic heterocycles. The SMILES string of the molecule is N[C@@H](Cc1ccccc1)C(=O)N1CCC[C@H]1C(=O)NCc1cc(Cl)ccc1-n1cnnn1. The summed E-state index contributed by atoms with van der Waals surface area (Å²) in [6, 6.07) is 13.7. The van der Waals surface area contributed by atoms with Crippen molar-refractivity contribution in [3.05, 3.63) is 71.0 Å². The van der Waals surface area contributed by atoms with Crippen molar-refractivity contribution in [2.75, 3.05) is 6.54 Å². The van der Waals surface area contributed by atoms with E-state index >= 15 is 0 Å². The van der Waals surface area contributed by atoms with E-state index in [0.717, 1.165) is 17.5 Å². The molecule has 166 valence electrons. The standard InChI is InChI=1S/C22H24ClN7O2/c23-17-8-9-19(30-14-26-27-28-30)16(12-17)13-25-21(31)20-7-4-10-29(20)22(32)18(24)11-15-5-2-1-3-6-15/h1-3,5-6,8-9,12,14,18,20H,4,7,10-11,13,24H2,(H,25,31)/t18-,20-/m0/s1. The normalized spacial score (nSPS) is 16.7. The Morgan fingerprint density at radius 2 is 2.03 bits per heavy atom. The summed E-state index contributed by atoms with van der Waals surface area (Å²) in [7, 11) is 0. The molecule has 1 aliphatic heterocycles. The first-order chi connectivity index (χ1) is 15.5. The van der Waals surface area contributed by atoms with Gasteiger partial charge in [-0.3, -0.25) is 9.59 Å². The molecule has 2 atom stereocenters. The lowest BCUT2D eigenvalue weighted by Crippen LogP contribution is -2.51. The Kier molecular flexibility index (Phi) is 6.77. The van der Waals surface area contributed by atoms with E-state index in [0.29, 0.717) is 30.1 Å². The fourth-order valence-corrected chi connectivity index (χ4v) is 4.16. The minimum atomic E-state index is -0.690. The van der Waals surface area contributed by atoms with Gasteiger partial charge in [-0.25, -0.2) is 4.68 Å². The van der Waals surface area contributed by atoms with E-state index in [-0.39, 0.29) is 18.4 Å². The van der Waals surface area contributed by atoms with Crippen molar-refractivity contribution < 1.29 is 9.59 Å². The van der Waals surface area contributed by atoms with Crippen LogP contribution in [-0.2, 0) is 22.6 Å². The van der Waals surface area contributed by atoms with E-state index in [2.05, 4.69) is 20.8 Å². The molecular weight excluding hydrogens is 430 g/mol. The average Bonchev–Trinajstić information content (AvgIpc) is 3.50. The maximum atomic E-state index is 13.0. The van der Waals surface area contributed by atoms with Crippen LogP contribution in [0.2, 0.25) is 5.02 Å². The summed E-state index contributed by atoms with van der Waals surface area (Å²) < 4.78 is 1.51. The van der Waals surface area contributed by atoms with E-state index in [4.69, 9.17) is 17.3 Å². The van der Waals surface area contributed by atoms with E-state index in [1.807, 2.05) is 30.3 Å². The number of aromatic nitrogens is 4. The molecule has 1 fully saturated rings. The maximum Gasteiger partial charge on any atom is 0.243 e. The number of amides is 2. The monoisotopic (exact) mass is 453 g/mol. The zero-order chi connectivity index (χ0) is 22.5. The van der Waals surface area contributed by atoms with Crippen LogP contribution in [0.3, 0.4) is 0 Å². The Morgan fingerprint density at radius 1 is 1.22 bits per heavy atom. The smallest absolute Gasteiger partial charge is 0.243 e. The molecule has 0 bridgehead atoms. The minimum absolute atomic E-state index is 0.205. The van der Waals surface area contributed by atoms with Gasteiger partial charge in [0.1, 0.15) is 12.4 Å². The van der Waals surface area contributed by atoms with Crippen molar-refractivity contribution in [2.24, 2.45) is 5.73 Å². The van der Waals surface area contributed by atoms with Gasteiger partial charge in [0.2, 0.25) is 11.8 Å². The Morgan fingerprint density at radius 3 is 2.78 bits per heavy atom. The van der Waals surface area contributed by atoms with Crippen molar-refractivity contribution in [3.63, 3.8) is 0 Å². The second-order valence-electron chi connectivity index (χ2n) is 7.73. The molecule has 3 aromatic rings. The summed E-state index contributed by atoms with van der Waals surface area (Å²) >= 11 is 6.15. The second kappa shape index (κ2) is 9.88. The molecule has 3 N–H and O–H groups in total. The third-order valence-corrected chi connectivity index (χ3v) is 5.78. The summed E-state index contributed by atoms with van der Waals surface area (Å²) in [6.07, 6.45) is 3.27. The fraction of sp³-hybridized carbons (Fsp3) is 0.318. The van der Waals surface area contributed by atoms with Gasteiger partial charge in [0, 0.05) is 18.1 Å². The number of benzene rings is 2. The van der Waals surface area contributed by atoms with Gasteiger partial charge < -0.3 is 16.0 Å². The number of hydrogen-bond acceptors (Lipinski definition) is 6. The first-order valence-corrected chi connectivity index (χ1v) is 10.8. The lowest BCUT2D eigenvalue weighted by Gasteiger charge is -2.27.